The Morgan fingerprint density at radius 2 is 1.83 bits per heavy atom. The van der Waals surface area contributed by atoms with Crippen LogP contribution in [0.15, 0.2) is 53.1 Å². The zero-order valence-corrected chi connectivity index (χ0v) is 12.1. The Hall–Kier alpha value is -2.68. The van der Waals surface area contributed by atoms with E-state index in [0.29, 0.717) is 5.69 Å². The van der Waals surface area contributed by atoms with Crippen LogP contribution in [-0.2, 0) is 6.18 Å². The van der Waals surface area contributed by atoms with Gasteiger partial charge in [-0.1, -0.05) is 29.5 Å². The Morgan fingerprint density at radius 1 is 1.09 bits per heavy atom. The van der Waals surface area contributed by atoms with E-state index >= 15 is 0 Å². The Morgan fingerprint density at radius 3 is 2.39 bits per heavy atom. The molecule has 0 N–H and O–H groups in total. The van der Waals surface area contributed by atoms with Crippen molar-refractivity contribution < 1.29 is 22.4 Å². The first-order chi connectivity index (χ1) is 11.0. The van der Waals surface area contributed by atoms with E-state index in [0.717, 1.165) is 4.90 Å². The quantitative estimate of drug-likeness (QED) is 0.720. The predicted molar refractivity (Wildman–Crippen MR) is 76.5 cm³/mol. The molecule has 5 nitrogen and oxygen atoms in total. The monoisotopic (exact) mass is 339 g/mol. The van der Waals surface area contributed by atoms with Gasteiger partial charge in [-0.15, -0.1) is 10.2 Å². The summed E-state index contributed by atoms with van der Waals surface area (Å²) in [5, 5.41) is 5.30. The van der Waals surface area contributed by atoms with Crippen molar-refractivity contribution in [3.63, 3.8) is 0 Å². The molecule has 0 aliphatic carbocycles. The van der Waals surface area contributed by atoms with Gasteiger partial charge in [-0.3, -0.25) is 4.79 Å². The molecule has 1 aromatic carbocycles. The third-order valence-corrected chi connectivity index (χ3v) is 3.75. The number of carbonyl (C=O) groups is 1. The molecule has 118 valence electrons. The lowest BCUT2D eigenvalue weighted by atomic mass is 10.3. The number of aromatic nitrogens is 2. The Kier molecular flexibility index (Phi) is 3.87. The molecule has 0 aliphatic heterocycles. The highest BCUT2D eigenvalue weighted by Crippen LogP contribution is 2.37. The van der Waals surface area contributed by atoms with Crippen molar-refractivity contribution in [3.05, 3.63) is 59.5 Å². The van der Waals surface area contributed by atoms with Gasteiger partial charge in [-0.2, -0.15) is 13.2 Å². The molecule has 0 bridgehead atoms. The second-order valence-electron chi connectivity index (χ2n) is 4.34. The highest BCUT2D eigenvalue weighted by atomic mass is 32.1. The number of furan rings is 1. The number of rotatable bonds is 3. The van der Waals surface area contributed by atoms with Gasteiger partial charge in [-0.25, -0.2) is 4.90 Å². The van der Waals surface area contributed by atoms with Crippen molar-refractivity contribution in [2.75, 3.05) is 4.90 Å². The van der Waals surface area contributed by atoms with Crippen molar-refractivity contribution in [3.8, 4) is 0 Å². The van der Waals surface area contributed by atoms with Crippen LogP contribution < -0.4 is 4.90 Å². The summed E-state index contributed by atoms with van der Waals surface area (Å²) in [5.74, 6) is -0.649. The van der Waals surface area contributed by atoms with Crippen molar-refractivity contribution in [1.29, 1.82) is 0 Å². The molecule has 3 aromatic rings. The predicted octanol–water partition coefficient (Wildman–Crippen LogP) is 4.13. The van der Waals surface area contributed by atoms with Crippen LogP contribution in [0.25, 0.3) is 0 Å². The number of alkyl halides is 3. The highest BCUT2D eigenvalue weighted by molar-refractivity contribution is 7.15. The molecule has 2 aromatic heterocycles. The van der Waals surface area contributed by atoms with Crippen LogP contribution in [-0.4, -0.2) is 16.1 Å². The van der Waals surface area contributed by atoms with Crippen LogP contribution >= 0.6 is 11.3 Å². The third kappa shape index (κ3) is 3.09. The second kappa shape index (κ2) is 5.84. The lowest BCUT2D eigenvalue weighted by molar-refractivity contribution is -0.138. The lowest BCUT2D eigenvalue weighted by Gasteiger charge is -2.18. The summed E-state index contributed by atoms with van der Waals surface area (Å²) in [6.45, 7) is 0. The number of anilines is 2. The molecular formula is C14H8F3N3O2S. The van der Waals surface area contributed by atoms with Crippen LogP contribution in [0.2, 0.25) is 0 Å². The number of amides is 1. The molecule has 1 amide bonds. The Balaban J connectivity index is 2.06. The summed E-state index contributed by atoms with van der Waals surface area (Å²) in [6.07, 6.45) is -3.32. The SMILES string of the molecule is O=C(c1ccco1)N(c1ccccc1)c1nnc(C(F)(F)F)s1. The smallest absolute Gasteiger partial charge is 0.445 e. The number of para-hydroxylation sites is 1. The lowest BCUT2D eigenvalue weighted by Crippen LogP contribution is -2.25. The fraction of sp³-hybridized carbons (Fsp3) is 0.0714. The van der Waals surface area contributed by atoms with Crippen molar-refractivity contribution >= 4 is 28.1 Å². The first-order valence-electron chi connectivity index (χ1n) is 6.30. The van der Waals surface area contributed by atoms with Crippen molar-refractivity contribution in [2.24, 2.45) is 0 Å². The van der Waals surface area contributed by atoms with Crippen molar-refractivity contribution in [2.45, 2.75) is 6.18 Å². The largest absolute Gasteiger partial charge is 0.459 e. The first-order valence-corrected chi connectivity index (χ1v) is 7.12. The van der Waals surface area contributed by atoms with Gasteiger partial charge in [0.05, 0.1) is 12.0 Å². The van der Waals surface area contributed by atoms with Gasteiger partial charge in [-0.05, 0) is 24.3 Å². The van der Waals surface area contributed by atoms with Crippen molar-refractivity contribution in [1.82, 2.24) is 10.2 Å². The number of halogens is 3. The first kappa shape index (κ1) is 15.2. The van der Waals surface area contributed by atoms with E-state index < -0.39 is 17.1 Å². The molecular weight excluding hydrogens is 331 g/mol. The Labute approximate surface area is 132 Å². The Bertz CT molecular complexity index is 800. The van der Waals surface area contributed by atoms with E-state index in [1.165, 1.54) is 18.4 Å². The molecule has 3 rings (SSSR count). The zero-order chi connectivity index (χ0) is 16.4. The van der Waals surface area contributed by atoms with Crippen LogP contribution in [0, 0.1) is 0 Å². The van der Waals surface area contributed by atoms with Gasteiger partial charge in [0.2, 0.25) is 10.1 Å². The van der Waals surface area contributed by atoms with Gasteiger partial charge in [0, 0.05) is 0 Å². The molecule has 9 heteroatoms. The molecule has 23 heavy (non-hydrogen) atoms. The summed E-state index contributed by atoms with van der Waals surface area (Å²) >= 11 is 0.285. The number of carbonyl (C=O) groups excluding carboxylic acids is 1. The van der Waals surface area contributed by atoms with E-state index in [-0.39, 0.29) is 22.2 Å². The van der Waals surface area contributed by atoms with Gasteiger partial charge in [0.1, 0.15) is 0 Å². The maximum absolute atomic E-state index is 12.7. The van der Waals surface area contributed by atoms with Crippen LogP contribution in [0.4, 0.5) is 24.0 Å². The minimum absolute atomic E-state index is 0.0161. The normalized spacial score (nSPS) is 11.4. The summed E-state index contributed by atoms with van der Waals surface area (Å²) in [4.78, 5) is 13.6. The zero-order valence-electron chi connectivity index (χ0n) is 11.3. The van der Waals surface area contributed by atoms with E-state index in [1.54, 1.807) is 30.3 Å². The van der Waals surface area contributed by atoms with Crippen LogP contribution in [0.1, 0.15) is 15.6 Å². The molecule has 0 aliphatic rings. The number of benzene rings is 1. The molecule has 0 unspecified atom stereocenters. The van der Waals surface area contributed by atoms with Crippen LogP contribution in [0.5, 0.6) is 0 Å². The number of hydrogen-bond donors (Lipinski definition) is 0. The fourth-order valence-electron chi connectivity index (χ4n) is 1.82. The molecule has 0 radical (unpaired) electrons. The van der Waals surface area contributed by atoms with E-state index in [1.807, 2.05) is 0 Å². The number of nitrogens with zero attached hydrogens (tertiary/aromatic N) is 3. The summed E-state index contributed by atoms with van der Waals surface area (Å²) in [5.41, 5.74) is 0.360. The minimum atomic E-state index is -4.62. The maximum atomic E-state index is 12.7. The highest BCUT2D eigenvalue weighted by Gasteiger charge is 2.37. The average molecular weight is 339 g/mol. The molecule has 0 saturated heterocycles. The molecule has 0 atom stereocenters. The fourth-order valence-corrected chi connectivity index (χ4v) is 2.55. The maximum Gasteiger partial charge on any atom is 0.445 e. The third-order valence-electron chi connectivity index (χ3n) is 2.80. The number of hydrogen-bond acceptors (Lipinski definition) is 5. The topological polar surface area (TPSA) is 59.2 Å². The second-order valence-corrected chi connectivity index (χ2v) is 5.30. The minimum Gasteiger partial charge on any atom is -0.459 e. The summed E-state index contributed by atoms with van der Waals surface area (Å²) < 4.78 is 43.2. The van der Waals surface area contributed by atoms with Gasteiger partial charge in [0.15, 0.2) is 5.76 Å². The standard InChI is InChI=1S/C14H8F3N3O2S/c15-14(16,17)12-18-19-13(23-12)20(9-5-2-1-3-6-9)11(21)10-7-4-8-22-10/h1-8H. The van der Waals surface area contributed by atoms with E-state index in [9.17, 15) is 18.0 Å². The molecule has 0 saturated carbocycles. The average Bonchev–Trinajstić information content (AvgIpc) is 3.20. The molecule has 2 heterocycles. The summed E-state index contributed by atoms with van der Waals surface area (Å²) in [6, 6.07) is 11.1. The molecule has 0 fully saturated rings. The van der Waals surface area contributed by atoms with Gasteiger partial charge in [0.25, 0.3) is 5.91 Å². The van der Waals surface area contributed by atoms with Gasteiger partial charge >= 0.3 is 6.18 Å². The van der Waals surface area contributed by atoms with Crippen LogP contribution in [0.3, 0.4) is 0 Å². The summed E-state index contributed by atoms with van der Waals surface area (Å²) in [7, 11) is 0. The van der Waals surface area contributed by atoms with Gasteiger partial charge < -0.3 is 4.42 Å². The van der Waals surface area contributed by atoms with E-state index in [2.05, 4.69) is 10.2 Å². The van der Waals surface area contributed by atoms with E-state index in [4.69, 9.17) is 4.42 Å². The molecule has 0 spiro atoms.